The molecule has 0 saturated carbocycles. The van der Waals surface area contributed by atoms with Crippen LogP contribution in [-0.2, 0) is 11.8 Å². The van der Waals surface area contributed by atoms with Gasteiger partial charge in [-0.3, -0.25) is 14.4 Å². The van der Waals surface area contributed by atoms with Gasteiger partial charge < -0.3 is 20.3 Å². The summed E-state index contributed by atoms with van der Waals surface area (Å²) in [5.74, 6) is -0.133. The van der Waals surface area contributed by atoms with E-state index in [-0.39, 0.29) is 11.3 Å². The first-order chi connectivity index (χ1) is 14.2. The number of rotatable bonds is 6. The van der Waals surface area contributed by atoms with Gasteiger partial charge in [-0.05, 0) is 44.0 Å². The second kappa shape index (κ2) is 9.08. The number of hydrogen-bond donors (Lipinski definition) is 3. The van der Waals surface area contributed by atoms with Crippen molar-refractivity contribution in [3.05, 3.63) is 51.8 Å². The van der Waals surface area contributed by atoms with E-state index in [1.165, 1.54) is 4.57 Å². The number of aromatic nitrogens is 1. The fraction of sp³-hybridized carbons (Fsp3) is 0.273. The largest absolute Gasteiger partial charge is 0.393 e. The van der Waals surface area contributed by atoms with E-state index in [0.29, 0.717) is 22.5 Å². The number of Topliss-reactive ketones (excluding diaryl/α,β-unsaturated/α-hetero) is 1. The monoisotopic (exact) mass is 406 g/mol. The molecule has 8 heteroatoms. The Bertz CT molecular complexity index is 1120. The van der Waals surface area contributed by atoms with Crippen LogP contribution < -0.4 is 10.6 Å². The number of aryl methyl sites for hydroxylation is 1. The number of nitrogens with one attached hydrogen (secondary N) is 2. The third-order valence-corrected chi connectivity index (χ3v) is 4.88. The van der Waals surface area contributed by atoms with Crippen molar-refractivity contribution in [2.24, 2.45) is 7.05 Å². The number of carbonyl (C=O) groups excluding carboxylic acids is 3. The summed E-state index contributed by atoms with van der Waals surface area (Å²) in [4.78, 5) is 37.8. The lowest BCUT2D eigenvalue weighted by Gasteiger charge is -2.09. The maximum atomic E-state index is 12.9. The molecule has 0 fully saturated rings. The third kappa shape index (κ3) is 4.24. The molecule has 2 aromatic rings. The first kappa shape index (κ1) is 22.4. The molecule has 1 atom stereocenters. The quantitative estimate of drug-likeness (QED) is 0.380. The molecule has 3 N–H and O–H groups in total. The molecule has 0 saturated heterocycles. The van der Waals surface area contributed by atoms with Crippen LogP contribution in [0.25, 0.3) is 0 Å². The van der Waals surface area contributed by atoms with Gasteiger partial charge in [-0.1, -0.05) is 12.0 Å². The summed E-state index contributed by atoms with van der Waals surface area (Å²) >= 11 is 0. The van der Waals surface area contributed by atoms with Crippen molar-refractivity contribution >= 4 is 23.3 Å². The average Bonchev–Trinajstić information content (AvgIpc) is 2.95. The van der Waals surface area contributed by atoms with Gasteiger partial charge in [0, 0.05) is 18.4 Å². The number of ketones is 1. The molecule has 1 heterocycles. The van der Waals surface area contributed by atoms with Crippen molar-refractivity contribution in [3.8, 4) is 18.4 Å². The molecule has 0 unspecified atom stereocenters. The van der Waals surface area contributed by atoms with Crippen LogP contribution in [0.1, 0.15) is 43.2 Å². The summed E-state index contributed by atoms with van der Waals surface area (Å²) in [6.07, 6.45) is 5.19. The molecule has 1 aromatic carbocycles. The second-order valence-corrected chi connectivity index (χ2v) is 6.79. The number of amides is 2. The van der Waals surface area contributed by atoms with E-state index in [0.717, 1.165) is 5.56 Å². The van der Waals surface area contributed by atoms with Crippen molar-refractivity contribution in [2.45, 2.75) is 26.8 Å². The van der Waals surface area contributed by atoms with Crippen LogP contribution >= 0.6 is 0 Å². The number of carbonyl (C=O) groups is 3. The Balaban J connectivity index is 2.37. The van der Waals surface area contributed by atoms with Crippen molar-refractivity contribution in [2.75, 3.05) is 11.9 Å². The highest BCUT2D eigenvalue weighted by Crippen LogP contribution is 2.23. The van der Waals surface area contributed by atoms with E-state index in [4.69, 9.17) is 16.8 Å². The van der Waals surface area contributed by atoms with Gasteiger partial charge in [-0.15, -0.1) is 6.42 Å². The zero-order valence-electron chi connectivity index (χ0n) is 17.2. The van der Waals surface area contributed by atoms with Crippen LogP contribution in [0.5, 0.6) is 0 Å². The lowest BCUT2D eigenvalue weighted by atomic mass is 10.0. The SMILES string of the molecule is C#C[C@H](CO)NC(=O)C(=O)c1c(C)c(C(=O)Nc2ccc(C)c(C#N)c2)n(C)c1C. The first-order valence-electron chi connectivity index (χ1n) is 9.06. The van der Waals surface area contributed by atoms with Gasteiger partial charge in [0.05, 0.1) is 23.8 Å². The predicted octanol–water partition coefficient (Wildman–Crippen LogP) is 1.37. The second-order valence-electron chi connectivity index (χ2n) is 6.79. The molecule has 1 aromatic heterocycles. The van der Waals surface area contributed by atoms with Gasteiger partial charge in [-0.25, -0.2) is 0 Å². The van der Waals surface area contributed by atoms with Crippen LogP contribution in [0.2, 0.25) is 0 Å². The summed E-state index contributed by atoms with van der Waals surface area (Å²) in [6, 6.07) is 6.04. The van der Waals surface area contributed by atoms with E-state index < -0.39 is 30.2 Å². The Morgan fingerprint density at radius 2 is 1.93 bits per heavy atom. The molecule has 0 bridgehead atoms. The van der Waals surface area contributed by atoms with Crippen molar-refractivity contribution in [3.63, 3.8) is 0 Å². The van der Waals surface area contributed by atoms with E-state index in [1.807, 2.05) is 0 Å². The van der Waals surface area contributed by atoms with Crippen LogP contribution in [-0.4, -0.2) is 39.9 Å². The Morgan fingerprint density at radius 3 is 2.50 bits per heavy atom. The lowest BCUT2D eigenvalue weighted by Crippen LogP contribution is -2.40. The maximum Gasteiger partial charge on any atom is 0.293 e. The summed E-state index contributed by atoms with van der Waals surface area (Å²) in [7, 11) is 1.61. The Hall–Kier alpha value is -3.88. The molecule has 0 aliphatic heterocycles. The summed E-state index contributed by atoms with van der Waals surface area (Å²) in [5, 5.41) is 23.3. The Kier molecular flexibility index (Phi) is 6.78. The zero-order chi connectivity index (χ0) is 22.6. The minimum Gasteiger partial charge on any atom is -0.393 e. The van der Waals surface area contributed by atoms with Crippen LogP contribution in [0, 0.1) is 44.4 Å². The predicted molar refractivity (Wildman–Crippen MR) is 111 cm³/mol. The van der Waals surface area contributed by atoms with E-state index in [9.17, 15) is 14.4 Å². The number of nitriles is 1. The summed E-state index contributed by atoms with van der Waals surface area (Å²) < 4.78 is 1.52. The number of hydrogen-bond acceptors (Lipinski definition) is 5. The van der Waals surface area contributed by atoms with Gasteiger partial charge in [-0.2, -0.15) is 5.26 Å². The minimum atomic E-state index is -0.982. The highest BCUT2D eigenvalue weighted by Gasteiger charge is 2.29. The fourth-order valence-electron chi connectivity index (χ4n) is 3.12. The number of aliphatic hydroxyl groups is 1. The van der Waals surface area contributed by atoms with Gasteiger partial charge in [0.15, 0.2) is 0 Å². The molecule has 154 valence electrons. The van der Waals surface area contributed by atoms with Crippen molar-refractivity contribution < 1.29 is 19.5 Å². The molecule has 2 amide bonds. The van der Waals surface area contributed by atoms with E-state index >= 15 is 0 Å². The number of terminal acetylenes is 1. The molecule has 8 nitrogen and oxygen atoms in total. The molecule has 0 aliphatic carbocycles. The topological polar surface area (TPSA) is 124 Å². The maximum absolute atomic E-state index is 12.9. The summed E-state index contributed by atoms with van der Waals surface area (Å²) in [6.45, 7) is 4.48. The zero-order valence-corrected chi connectivity index (χ0v) is 17.2. The van der Waals surface area contributed by atoms with E-state index in [2.05, 4.69) is 22.6 Å². The van der Waals surface area contributed by atoms with Gasteiger partial charge in [0.1, 0.15) is 11.7 Å². The highest BCUT2D eigenvalue weighted by molar-refractivity contribution is 6.43. The lowest BCUT2D eigenvalue weighted by molar-refractivity contribution is -0.117. The number of benzene rings is 1. The normalized spacial score (nSPS) is 11.2. The van der Waals surface area contributed by atoms with Crippen molar-refractivity contribution in [1.82, 2.24) is 9.88 Å². The molecular weight excluding hydrogens is 384 g/mol. The van der Waals surface area contributed by atoms with Gasteiger partial charge in [0.2, 0.25) is 0 Å². The smallest absolute Gasteiger partial charge is 0.293 e. The third-order valence-electron chi connectivity index (χ3n) is 4.88. The Labute approximate surface area is 174 Å². The van der Waals surface area contributed by atoms with E-state index in [1.54, 1.807) is 46.0 Å². The fourth-order valence-corrected chi connectivity index (χ4v) is 3.12. The highest BCUT2D eigenvalue weighted by atomic mass is 16.3. The van der Waals surface area contributed by atoms with Gasteiger partial charge >= 0.3 is 0 Å². The Morgan fingerprint density at radius 1 is 1.27 bits per heavy atom. The number of anilines is 1. The van der Waals surface area contributed by atoms with Crippen LogP contribution in [0.4, 0.5) is 5.69 Å². The van der Waals surface area contributed by atoms with Crippen molar-refractivity contribution in [1.29, 1.82) is 5.26 Å². The molecule has 2 rings (SSSR count). The van der Waals surface area contributed by atoms with Crippen LogP contribution in [0.15, 0.2) is 18.2 Å². The molecular formula is C22H22N4O4. The molecule has 30 heavy (non-hydrogen) atoms. The number of aliphatic hydroxyl groups excluding tert-OH is 1. The van der Waals surface area contributed by atoms with Gasteiger partial charge in [0.25, 0.3) is 17.6 Å². The summed E-state index contributed by atoms with van der Waals surface area (Å²) in [5.41, 5.74) is 2.72. The van der Waals surface area contributed by atoms with Crippen LogP contribution in [0.3, 0.4) is 0 Å². The minimum absolute atomic E-state index is 0.0930. The molecule has 0 aliphatic rings. The molecule has 0 radical (unpaired) electrons. The first-order valence-corrected chi connectivity index (χ1v) is 9.06. The molecule has 0 spiro atoms. The standard InChI is InChI=1S/C22H22N4O4/c1-6-16(11-27)24-22(30)20(28)18-13(3)19(26(5)14(18)4)21(29)25-17-8-7-12(2)15(9-17)10-23/h1,7-9,16,27H,11H2,2-5H3,(H,24,30)(H,25,29)/t16-/m1/s1. The average molecular weight is 406 g/mol. The number of nitrogens with zero attached hydrogens (tertiary/aromatic N) is 2.